The zero-order valence-electron chi connectivity index (χ0n) is 14.6. The summed E-state index contributed by atoms with van der Waals surface area (Å²) in [5.74, 6) is 0.0280. The molecule has 1 amide bonds. The SMILES string of the molecule is CCCC(=O)Nc1ccc(CNc2c(C#N)cnc3ccccc23)cc1. The van der Waals surface area contributed by atoms with E-state index < -0.39 is 0 Å². The molecule has 0 bridgehead atoms. The Morgan fingerprint density at radius 1 is 1.15 bits per heavy atom. The summed E-state index contributed by atoms with van der Waals surface area (Å²) in [5, 5.41) is 16.5. The largest absolute Gasteiger partial charge is 0.379 e. The number of nitriles is 1. The molecule has 0 aliphatic carbocycles. The third kappa shape index (κ3) is 3.98. The van der Waals surface area contributed by atoms with Gasteiger partial charge >= 0.3 is 0 Å². The van der Waals surface area contributed by atoms with E-state index >= 15 is 0 Å². The number of carbonyl (C=O) groups is 1. The summed E-state index contributed by atoms with van der Waals surface area (Å²) in [4.78, 5) is 16.0. The van der Waals surface area contributed by atoms with E-state index in [-0.39, 0.29) is 5.91 Å². The zero-order valence-corrected chi connectivity index (χ0v) is 14.6. The Labute approximate surface area is 152 Å². The standard InChI is InChI=1S/C21H20N4O/c1-2-5-20(26)25-17-10-8-15(9-11-17)13-24-21-16(12-22)14-23-19-7-4-3-6-18(19)21/h3-4,6-11,14H,2,5,13H2,1H3,(H,23,24)(H,25,26). The van der Waals surface area contributed by atoms with E-state index in [4.69, 9.17) is 0 Å². The quantitative estimate of drug-likeness (QED) is 0.692. The van der Waals surface area contributed by atoms with E-state index in [1.165, 1.54) is 0 Å². The van der Waals surface area contributed by atoms with Crippen LogP contribution in [-0.4, -0.2) is 10.9 Å². The highest BCUT2D eigenvalue weighted by molar-refractivity contribution is 5.94. The number of nitrogens with one attached hydrogen (secondary N) is 2. The molecule has 0 aliphatic rings. The summed E-state index contributed by atoms with van der Waals surface area (Å²) in [6, 6.07) is 17.6. The monoisotopic (exact) mass is 344 g/mol. The highest BCUT2D eigenvalue weighted by atomic mass is 16.1. The molecule has 0 radical (unpaired) electrons. The molecule has 1 heterocycles. The number of pyridine rings is 1. The molecule has 1 aromatic heterocycles. The number of hydrogen-bond donors (Lipinski definition) is 2. The lowest BCUT2D eigenvalue weighted by Gasteiger charge is -2.12. The minimum atomic E-state index is 0.0280. The Bertz CT molecular complexity index is 958. The number of fused-ring (bicyclic) bond motifs is 1. The van der Waals surface area contributed by atoms with Crippen molar-refractivity contribution in [2.24, 2.45) is 0 Å². The van der Waals surface area contributed by atoms with Gasteiger partial charge < -0.3 is 10.6 Å². The van der Waals surface area contributed by atoms with Gasteiger partial charge in [-0.2, -0.15) is 5.26 Å². The van der Waals surface area contributed by atoms with E-state index in [1.54, 1.807) is 6.20 Å². The number of hydrogen-bond acceptors (Lipinski definition) is 4. The van der Waals surface area contributed by atoms with Crippen molar-refractivity contribution in [2.45, 2.75) is 26.3 Å². The second-order valence-electron chi connectivity index (χ2n) is 6.02. The van der Waals surface area contributed by atoms with E-state index in [0.717, 1.165) is 34.3 Å². The molecule has 2 N–H and O–H groups in total. The summed E-state index contributed by atoms with van der Waals surface area (Å²) in [6.07, 6.45) is 2.95. The molecule has 0 spiro atoms. The average Bonchev–Trinajstić information content (AvgIpc) is 2.67. The number of aromatic nitrogens is 1. The van der Waals surface area contributed by atoms with Crippen LogP contribution in [0.3, 0.4) is 0 Å². The van der Waals surface area contributed by atoms with Crippen LogP contribution in [0.4, 0.5) is 11.4 Å². The number of para-hydroxylation sites is 1. The maximum absolute atomic E-state index is 11.6. The van der Waals surface area contributed by atoms with Gasteiger partial charge in [0.15, 0.2) is 0 Å². The van der Waals surface area contributed by atoms with Crippen molar-refractivity contribution in [3.8, 4) is 6.07 Å². The first kappa shape index (κ1) is 17.4. The summed E-state index contributed by atoms with van der Waals surface area (Å²) in [7, 11) is 0. The second-order valence-corrected chi connectivity index (χ2v) is 6.02. The van der Waals surface area contributed by atoms with Crippen molar-refractivity contribution in [1.29, 1.82) is 5.26 Å². The first-order valence-electron chi connectivity index (χ1n) is 8.61. The lowest BCUT2D eigenvalue weighted by molar-refractivity contribution is -0.116. The molecule has 26 heavy (non-hydrogen) atoms. The molecule has 0 saturated carbocycles. The fourth-order valence-corrected chi connectivity index (χ4v) is 2.76. The van der Waals surface area contributed by atoms with E-state index in [9.17, 15) is 10.1 Å². The number of nitrogens with zero attached hydrogens (tertiary/aromatic N) is 2. The van der Waals surface area contributed by atoms with Crippen LogP contribution < -0.4 is 10.6 Å². The smallest absolute Gasteiger partial charge is 0.224 e. The van der Waals surface area contributed by atoms with Crippen molar-refractivity contribution in [3.63, 3.8) is 0 Å². The minimum Gasteiger partial charge on any atom is -0.379 e. The predicted molar refractivity (Wildman–Crippen MR) is 104 cm³/mol. The maximum atomic E-state index is 11.6. The third-order valence-electron chi connectivity index (χ3n) is 4.08. The van der Waals surface area contributed by atoms with Crippen molar-refractivity contribution in [3.05, 3.63) is 65.9 Å². The molecule has 3 aromatic rings. The molecule has 0 aliphatic heterocycles. The topological polar surface area (TPSA) is 77.8 Å². The second kappa shape index (κ2) is 8.13. The van der Waals surface area contributed by atoms with Crippen LogP contribution >= 0.6 is 0 Å². The van der Waals surface area contributed by atoms with Crippen molar-refractivity contribution in [2.75, 3.05) is 10.6 Å². The highest BCUT2D eigenvalue weighted by Crippen LogP contribution is 2.26. The molecular formula is C21H20N4O. The Balaban J connectivity index is 1.74. The number of benzene rings is 2. The van der Waals surface area contributed by atoms with Crippen molar-refractivity contribution >= 4 is 28.2 Å². The predicted octanol–water partition coefficient (Wildman–Crippen LogP) is 4.46. The lowest BCUT2D eigenvalue weighted by atomic mass is 10.1. The number of rotatable bonds is 6. The summed E-state index contributed by atoms with van der Waals surface area (Å²) < 4.78 is 0. The van der Waals surface area contributed by atoms with Crippen LogP contribution in [0.25, 0.3) is 10.9 Å². The van der Waals surface area contributed by atoms with Gasteiger partial charge in [-0.3, -0.25) is 9.78 Å². The Kier molecular flexibility index (Phi) is 5.45. The molecule has 5 heteroatoms. The Morgan fingerprint density at radius 3 is 2.65 bits per heavy atom. The Morgan fingerprint density at radius 2 is 1.92 bits per heavy atom. The molecule has 0 unspecified atom stereocenters. The zero-order chi connectivity index (χ0) is 18.4. The number of anilines is 2. The number of amides is 1. The first-order valence-corrected chi connectivity index (χ1v) is 8.61. The molecule has 0 fully saturated rings. The Hall–Kier alpha value is -3.39. The number of carbonyl (C=O) groups excluding carboxylic acids is 1. The van der Waals surface area contributed by atoms with E-state index in [1.807, 2.05) is 55.5 Å². The van der Waals surface area contributed by atoms with Gasteiger partial charge in [0.05, 0.1) is 16.8 Å². The van der Waals surface area contributed by atoms with Crippen LogP contribution in [0.15, 0.2) is 54.7 Å². The van der Waals surface area contributed by atoms with Crippen LogP contribution in [0.5, 0.6) is 0 Å². The van der Waals surface area contributed by atoms with Crippen molar-refractivity contribution < 1.29 is 4.79 Å². The molecule has 130 valence electrons. The van der Waals surface area contributed by atoms with E-state index in [2.05, 4.69) is 21.7 Å². The summed E-state index contributed by atoms with van der Waals surface area (Å²) in [5.41, 5.74) is 4.01. The summed E-state index contributed by atoms with van der Waals surface area (Å²) in [6.45, 7) is 2.55. The van der Waals surface area contributed by atoms with Crippen LogP contribution in [0, 0.1) is 11.3 Å². The lowest BCUT2D eigenvalue weighted by Crippen LogP contribution is -2.10. The van der Waals surface area contributed by atoms with Crippen LogP contribution in [0.2, 0.25) is 0 Å². The maximum Gasteiger partial charge on any atom is 0.224 e. The van der Waals surface area contributed by atoms with Gasteiger partial charge in [-0.15, -0.1) is 0 Å². The van der Waals surface area contributed by atoms with Gasteiger partial charge in [-0.05, 0) is 30.2 Å². The minimum absolute atomic E-state index is 0.0280. The van der Waals surface area contributed by atoms with Crippen LogP contribution in [-0.2, 0) is 11.3 Å². The molecular weight excluding hydrogens is 324 g/mol. The van der Waals surface area contributed by atoms with Gasteiger partial charge in [-0.25, -0.2) is 0 Å². The molecule has 5 nitrogen and oxygen atoms in total. The molecule has 0 atom stereocenters. The van der Waals surface area contributed by atoms with E-state index in [0.29, 0.717) is 18.5 Å². The van der Waals surface area contributed by atoms with Crippen molar-refractivity contribution in [1.82, 2.24) is 4.98 Å². The fraction of sp³-hybridized carbons (Fsp3) is 0.190. The van der Waals surface area contributed by atoms with Gasteiger partial charge in [0.25, 0.3) is 0 Å². The van der Waals surface area contributed by atoms with Gasteiger partial charge in [0, 0.05) is 30.2 Å². The molecule has 2 aromatic carbocycles. The highest BCUT2D eigenvalue weighted by Gasteiger charge is 2.08. The molecule has 3 rings (SSSR count). The van der Waals surface area contributed by atoms with Crippen LogP contribution in [0.1, 0.15) is 30.9 Å². The van der Waals surface area contributed by atoms with Gasteiger partial charge in [0.2, 0.25) is 5.91 Å². The third-order valence-corrected chi connectivity index (χ3v) is 4.08. The van der Waals surface area contributed by atoms with Gasteiger partial charge in [0.1, 0.15) is 6.07 Å². The average molecular weight is 344 g/mol. The fourth-order valence-electron chi connectivity index (χ4n) is 2.76. The normalized spacial score (nSPS) is 10.3. The van der Waals surface area contributed by atoms with Gasteiger partial charge in [-0.1, -0.05) is 37.3 Å². The first-order chi connectivity index (χ1) is 12.7. The molecule has 0 saturated heterocycles. The summed E-state index contributed by atoms with van der Waals surface area (Å²) >= 11 is 0.